The number of aryl methyl sites for hydroxylation is 1. The molecule has 2 aliphatic carbocycles. The zero-order valence-corrected chi connectivity index (χ0v) is 21.6. The van der Waals surface area contributed by atoms with Crippen molar-refractivity contribution in [3.05, 3.63) is 75.3 Å². The fourth-order valence-electron chi connectivity index (χ4n) is 6.26. The van der Waals surface area contributed by atoms with Gasteiger partial charge < -0.3 is 25.3 Å². The van der Waals surface area contributed by atoms with E-state index < -0.39 is 28.5 Å². The maximum Gasteiger partial charge on any atom is 0.194 e. The van der Waals surface area contributed by atoms with Crippen molar-refractivity contribution in [3.63, 3.8) is 0 Å². The lowest BCUT2D eigenvalue weighted by molar-refractivity contribution is -0.123. The largest absolute Gasteiger partial charge is 0.507 e. The van der Waals surface area contributed by atoms with Crippen molar-refractivity contribution in [1.82, 2.24) is 10.3 Å². The van der Waals surface area contributed by atoms with Gasteiger partial charge in [-0.2, -0.15) is 0 Å². The number of para-hydroxylation sites is 1. The van der Waals surface area contributed by atoms with Crippen molar-refractivity contribution in [2.75, 3.05) is 0 Å². The van der Waals surface area contributed by atoms with Crippen LogP contribution in [0, 0.1) is 6.92 Å². The second kappa shape index (κ2) is 8.08. The number of hydrogen-bond donors (Lipinski definition) is 4. The summed E-state index contributed by atoms with van der Waals surface area (Å²) < 4.78 is 5.85. The number of ether oxygens (including phenoxy) is 1. The second-order valence-electron chi connectivity index (χ2n) is 10.5. The van der Waals surface area contributed by atoms with E-state index in [4.69, 9.17) is 4.74 Å². The summed E-state index contributed by atoms with van der Waals surface area (Å²) in [7, 11) is 0. The Balaban J connectivity index is 1.45. The zero-order chi connectivity index (χ0) is 27.1. The average Bonchev–Trinajstić information content (AvgIpc) is 3.39. The Labute approximate surface area is 219 Å². The van der Waals surface area contributed by atoms with E-state index in [1.165, 1.54) is 30.9 Å². The van der Waals surface area contributed by atoms with Crippen LogP contribution in [0.25, 0.3) is 10.9 Å². The summed E-state index contributed by atoms with van der Waals surface area (Å²) >= 11 is 0. The van der Waals surface area contributed by atoms with Crippen LogP contribution in [0.2, 0.25) is 0 Å². The molecular formula is C30H28N2O6. The molecule has 0 radical (unpaired) electrons. The third-order valence-corrected chi connectivity index (χ3v) is 8.27. The number of phenols is 2. The van der Waals surface area contributed by atoms with E-state index in [2.05, 4.69) is 16.4 Å². The van der Waals surface area contributed by atoms with E-state index in [1.54, 1.807) is 13.8 Å². The van der Waals surface area contributed by atoms with E-state index in [9.17, 15) is 24.6 Å². The van der Waals surface area contributed by atoms with Gasteiger partial charge in [-0.25, -0.2) is 0 Å². The molecule has 194 valence electrons. The number of carbonyl (C=O) groups is 3. The van der Waals surface area contributed by atoms with Crippen LogP contribution >= 0.6 is 0 Å². The SMILES string of the molecule is CC(=O)c1c(O)c(C)c(O)c2c1OC1=CC(=O)/C(=C(/C)NC3CCCc4c3[nH]c3ccccc43)C(=O)[C@@]12C. The summed E-state index contributed by atoms with van der Waals surface area (Å²) in [5.41, 5.74) is 2.26. The van der Waals surface area contributed by atoms with Crippen molar-refractivity contribution in [2.45, 2.75) is 58.4 Å². The number of aromatic amines is 1. The number of aromatic hydroxyl groups is 2. The van der Waals surface area contributed by atoms with Gasteiger partial charge in [0.05, 0.1) is 17.2 Å². The molecule has 0 fully saturated rings. The molecule has 1 aromatic heterocycles. The first-order valence-corrected chi connectivity index (χ1v) is 12.7. The fourth-order valence-corrected chi connectivity index (χ4v) is 6.26. The van der Waals surface area contributed by atoms with E-state index in [0.717, 1.165) is 30.5 Å². The number of H-pyrrole nitrogens is 1. The predicted octanol–water partition coefficient (Wildman–Crippen LogP) is 4.72. The van der Waals surface area contributed by atoms with Crippen LogP contribution in [0.15, 0.2) is 47.4 Å². The number of Topliss-reactive ketones (excluding diaryl/α,β-unsaturated/α-hetero) is 2. The highest BCUT2D eigenvalue weighted by Gasteiger charge is 2.56. The normalized spacial score (nSPS) is 23.4. The second-order valence-corrected chi connectivity index (χ2v) is 10.5. The van der Waals surface area contributed by atoms with Crippen LogP contribution in [0.5, 0.6) is 17.2 Å². The number of aromatic nitrogens is 1. The minimum absolute atomic E-state index is 0.0227. The first-order valence-electron chi connectivity index (χ1n) is 12.7. The summed E-state index contributed by atoms with van der Waals surface area (Å²) in [5, 5.41) is 26.2. The highest BCUT2D eigenvalue weighted by atomic mass is 16.5. The number of fused-ring (bicyclic) bond motifs is 6. The number of nitrogens with one attached hydrogen (secondary N) is 2. The molecule has 2 atom stereocenters. The van der Waals surface area contributed by atoms with Gasteiger partial charge in [-0.15, -0.1) is 0 Å². The van der Waals surface area contributed by atoms with Gasteiger partial charge in [0.15, 0.2) is 17.3 Å². The standard InChI is InChI=1S/C30H28N2O6/c1-13-26(35)23(15(3)33)28-24(27(13)36)30(4)21(38-28)12-20(34)22(29(30)37)14(2)31-19-11-7-9-17-16-8-5-6-10-18(16)32-25(17)19/h5-6,8,10,12,19,31-32,35-36H,7,9,11H2,1-4H3/b22-14+/t19?,30-/m0/s1. The molecule has 6 rings (SSSR count). The summed E-state index contributed by atoms with van der Waals surface area (Å²) in [4.78, 5) is 43.3. The van der Waals surface area contributed by atoms with Crippen molar-refractivity contribution in [3.8, 4) is 17.2 Å². The lowest BCUT2D eigenvalue weighted by Crippen LogP contribution is -2.41. The topological polar surface area (TPSA) is 129 Å². The molecule has 3 aliphatic rings. The molecule has 1 unspecified atom stereocenters. The molecule has 0 saturated heterocycles. The zero-order valence-electron chi connectivity index (χ0n) is 21.6. The van der Waals surface area contributed by atoms with E-state index in [1.807, 2.05) is 18.2 Å². The van der Waals surface area contributed by atoms with E-state index in [-0.39, 0.29) is 45.6 Å². The van der Waals surface area contributed by atoms with Crippen LogP contribution in [0.1, 0.15) is 72.4 Å². The number of rotatable bonds is 3. The number of carbonyl (C=O) groups excluding carboxylic acids is 3. The number of ketones is 3. The maximum absolute atomic E-state index is 14.1. The van der Waals surface area contributed by atoms with Crippen LogP contribution < -0.4 is 10.1 Å². The number of benzene rings is 2. The van der Waals surface area contributed by atoms with Crippen molar-refractivity contribution >= 4 is 28.3 Å². The highest BCUT2D eigenvalue weighted by Crippen LogP contribution is 2.57. The first-order chi connectivity index (χ1) is 18.1. The number of hydrogen-bond acceptors (Lipinski definition) is 7. The summed E-state index contributed by atoms with van der Waals surface area (Å²) in [6.07, 6.45) is 3.99. The van der Waals surface area contributed by atoms with Crippen molar-refractivity contribution < 1.29 is 29.3 Å². The van der Waals surface area contributed by atoms with Crippen LogP contribution in [-0.2, 0) is 21.4 Å². The quantitative estimate of drug-likeness (QED) is 0.227. The molecule has 3 aromatic rings. The average molecular weight is 513 g/mol. The molecule has 2 aromatic carbocycles. The molecule has 0 saturated carbocycles. The molecule has 38 heavy (non-hydrogen) atoms. The first kappa shape index (κ1) is 24.0. The van der Waals surface area contributed by atoms with Crippen LogP contribution in [-0.4, -0.2) is 32.5 Å². The minimum Gasteiger partial charge on any atom is -0.507 e. The summed E-state index contributed by atoms with van der Waals surface area (Å²) in [5.74, 6) is -2.34. The van der Waals surface area contributed by atoms with Gasteiger partial charge >= 0.3 is 0 Å². The molecular weight excluding hydrogens is 484 g/mol. The minimum atomic E-state index is -1.53. The van der Waals surface area contributed by atoms with Gasteiger partial charge in [0.2, 0.25) is 0 Å². The Bertz CT molecular complexity index is 1670. The van der Waals surface area contributed by atoms with Gasteiger partial charge in [0.25, 0.3) is 0 Å². The molecule has 8 heteroatoms. The Morgan fingerprint density at radius 3 is 2.63 bits per heavy atom. The van der Waals surface area contributed by atoms with Gasteiger partial charge in [0.1, 0.15) is 34.0 Å². The third-order valence-electron chi connectivity index (χ3n) is 8.27. The Kier molecular flexibility index (Phi) is 5.11. The van der Waals surface area contributed by atoms with Gasteiger partial charge in [-0.05, 0) is 58.6 Å². The van der Waals surface area contributed by atoms with E-state index in [0.29, 0.717) is 5.70 Å². The van der Waals surface area contributed by atoms with Crippen molar-refractivity contribution in [2.24, 2.45) is 0 Å². The fraction of sp³-hybridized carbons (Fsp3) is 0.300. The highest BCUT2D eigenvalue weighted by molar-refractivity contribution is 6.31. The molecule has 2 heterocycles. The Morgan fingerprint density at radius 2 is 1.89 bits per heavy atom. The van der Waals surface area contributed by atoms with Gasteiger partial charge in [-0.1, -0.05) is 18.2 Å². The van der Waals surface area contributed by atoms with Crippen LogP contribution in [0.4, 0.5) is 0 Å². The Morgan fingerprint density at radius 1 is 1.16 bits per heavy atom. The van der Waals surface area contributed by atoms with Crippen molar-refractivity contribution in [1.29, 1.82) is 0 Å². The Hall–Kier alpha value is -4.33. The lowest BCUT2D eigenvalue weighted by atomic mass is 9.70. The molecule has 1 aliphatic heterocycles. The summed E-state index contributed by atoms with van der Waals surface area (Å²) in [6, 6.07) is 8.02. The number of phenolic OH excluding ortho intramolecular Hbond substituents is 2. The van der Waals surface area contributed by atoms with Crippen LogP contribution in [0.3, 0.4) is 0 Å². The smallest absolute Gasteiger partial charge is 0.194 e. The third kappa shape index (κ3) is 3.06. The van der Waals surface area contributed by atoms with E-state index >= 15 is 0 Å². The lowest BCUT2D eigenvalue weighted by Gasteiger charge is -2.30. The monoisotopic (exact) mass is 512 g/mol. The van der Waals surface area contributed by atoms with Gasteiger partial charge in [-0.3, -0.25) is 14.4 Å². The number of allylic oxidation sites excluding steroid dienone is 4. The molecule has 4 N–H and O–H groups in total. The van der Waals surface area contributed by atoms with Gasteiger partial charge in [0, 0.05) is 33.9 Å². The predicted molar refractivity (Wildman–Crippen MR) is 140 cm³/mol. The summed E-state index contributed by atoms with van der Waals surface area (Å²) in [6.45, 7) is 6.02. The molecule has 0 bridgehead atoms. The molecule has 0 spiro atoms. The molecule has 8 nitrogen and oxygen atoms in total. The maximum atomic E-state index is 14.1. The molecule has 0 amide bonds.